The number of halogens is 1. The summed E-state index contributed by atoms with van der Waals surface area (Å²) in [4.78, 5) is 18.5. The van der Waals surface area contributed by atoms with Crippen molar-refractivity contribution in [3.05, 3.63) is 82.9 Å². The summed E-state index contributed by atoms with van der Waals surface area (Å²) in [5, 5.41) is 13.1. The lowest BCUT2D eigenvalue weighted by atomic mass is 10.0. The molecule has 1 atom stereocenters. The summed E-state index contributed by atoms with van der Waals surface area (Å²) < 4.78 is 24.6. The Balaban J connectivity index is 1.63. The molecule has 2 aromatic carbocycles. The number of hydrogen-bond donors (Lipinski definition) is 2. The van der Waals surface area contributed by atoms with Gasteiger partial charge in [-0.2, -0.15) is 4.39 Å². The van der Waals surface area contributed by atoms with Gasteiger partial charge in [-0.05, 0) is 41.0 Å². The zero-order valence-corrected chi connectivity index (χ0v) is 19.2. The molecular weight excluding hydrogens is 437 g/mol. The molecule has 1 unspecified atom stereocenters. The maximum Gasteiger partial charge on any atom is 0.222 e. The van der Waals surface area contributed by atoms with Gasteiger partial charge >= 0.3 is 0 Å². The number of nitrogens with one attached hydrogen (secondary N) is 1. The summed E-state index contributed by atoms with van der Waals surface area (Å²) in [5.74, 6) is -0.305. The second-order valence-electron chi connectivity index (χ2n) is 7.99. The van der Waals surface area contributed by atoms with Crippen LogP contribution in [0.25, 0.3) is 11.8 Å². The van der Waals surface area contributed by atoms with E-state index in [1.165, 1.54) is 26.5 Å². The van der Waals surface area contributed by atoms with Gasteiger partial charge in [-0.1, -0.05) is 30.3 Å². The molecule has 4 rings (SSSR count). The van der Waals surface area contributed by atoms with Gasteiger partial charge in [0.15, 0.2) is 11.5 Å². The third-order valence-electron chi connectivity index (χ3n) is 5.90. The summed E-state index contributed by atoms with van der Waals surface area (Å²) in [6.07, 6.45) is 3.49. The monoisotopic (exact) mass is 463 g/mol. The molecule has 0 saturated carbocycles. The molecule has 0 fully saturated rings. The third-order valence-corrected chi connectivity index (χ3v) is 5.90. The number of phenols is 1. The molecule has 1 aromatic heterocycles. The number of aromatic nitrogens is 1. The van der Waals surface area contributed by atoms with Crippen molar-refractivity contribution in [2.75, 3.05) is 21.3 Å². The van der Waals surface area contributed by atoms with E-state index in [-0.39, 0.29) is 35.6 Å². The molecule has 0 saturated heterocycles. The lowest BCUT2D eigenvalue weighted by Crippen LogP contribution is -2.28. The predicted octanol–water partition coefficient (Wildman–Crippen LogP) is 4.13. The van der Waals surface area contributed by atoms with Crippen molar-refractivity contribution in [1.29, 1.82) is 0 Å². The quantitative estimate of drug-likeness (QED) is 0.513. The fourth-order valence-corrected chi connectivity index (χ4v) is 4.13. The number of pyridine rings is 1. The number of aromatic hydroxyl groups is 1. The van der Waals surface area contributed by atoms with Crippen LogP contribution in [0.5, 0.6) is 17.2 Å². The maximum absolute atomic E-state index is 14.1. The van der Waals surface area contributed by atoms with Gasteiger partial charge in [-0.15, -0.1) is 0 Å². The molecular formula is C26H26FN3O4. The second-order valence-corrected chi connectivity index (χ2v) is 7.99. The van der Waals surface area contributed by atoms with Crippen LogP contribution in [0.15, 0.2) is 54.7 Å². The number of amides is 1. The van der Waals surface area contributed by atoms with Crippen molar-refractivity contribution >= 4 is 17.7 Å². The van der Waals surface area contributed by atoms with Gasteiger partial charge in [0.05, 0.1) is 26.7 Å². The van der Waals surface area contributed by atoms with Crippen molar-refractivity contribution in [3.8, 4) is 17.2 Å². The van der Waals surface area contributed by atoms with E-state index >= 15 is 0 Å². The van der Waals surface area contributed by atoms with Crippen molar-refractivity contribution in [2.45, 2.75) is 19.0 Å². The van der Waals surface area contributed by atoms with Gasteiger partial charge in [0.2, 0.25) is 17.6 Å². The van der Waals surface area contributed by atoms with Gasteiger partial charge in [0.1, 0.15) is 0 Å². The summed E-state index contributed by atoms with van der Waals surface area (Å²) >= 11 is 0. The lowest BCUT2D eigenvalue weighted by molar-refractivity contribution is -0.122. The van der Waals surface area contributed by atoms with E-state index in [4.69, 9.17) is 9.47 Å². The lowest BCUT2D eigenvalue weighted by Gasteiger charge is -2.23. The topological polar surface area (TPSA) is 83.9 Å². The van der Waals surface area contributed by atoms with Crippen LogP contribution in [0.2, 0.25) is 0 Å². The average Bonchev–Trinajstić information content (AvgIpc) is 3.09. The Kier molecular flexibility index (Phi) is 6.67. The summed E-state index contributed by atoms with van der Waals surface area (Å²) in [6.45, 7) is 0.420. The average molecular weight is 464 g/mol. The van der Waals surface area contributed by atoms with E-state index in [0.717, 1.165) is 16.8 Å². The van der Waals surface area contributed by atoms with E-state index in [2.05, 4.69) is 10.3 Å². The second kappa shape index (κ2) is 9.82. The molecule has 0 bridgehead atoms. The molecule has 1 amide bonds. The predicted molar refractivity (Wildman–Crippen MR) is 127 cm³/mol. The van der Waals surface area contributed by atoms with Crippen LogP contribution in [0.4, 0.5) is 4.39 Å². The molecule has 8 heteroatoms. The van der Waals surface area contributed by atoms with Crippen molar-refractivity contribution < 1.29 is 23.8 Å². The highest BCUT2D eigenvalue weighted by Gasteiger charge is 2.33. The van der Waals surface area contributed by atoms with E-state index < -0.39 is 5.95 Å². The van der Waals surface area contributed by atoms with Crippen molar-refractivity contribution in [3.63, 3.8) is 0 Å². The molecule has 0 radical (unpaired) electrons. The Morgan fingerprint density at radius 1 is 1.18 bits per heavy atom. The Hall–Kier alpha value is -4.07. The highest BCUT2D eigenvalue weighted by molar-refractivity contribution is 5.87. The van der Waals surface area contributed by atoms with E-state index in [1.807, 2.05) is 48.4 Å². The Morgan fingerprint density at radius 2 is 1.85 bits per heavy atom. The van der Waals surface area contributed by atoms with Crippen LogP contribution in [-0.2, 0) is 11.3 Å². The first-order chi connectivity index (χ1) is 16.4. The Morgan fingerprint density at radius 3 is 2.50 bits per heavy atom. The fourth-order valence-electron chi connectivity index (χ4n) is 4.13. The normalized spacial score (nSPS) is 15.8. The van der Waals surface area contributed by atoms with E-state index in [0.29, 0.717) is 17.7 Å². The SMILES string of the molecule is COc1cc(/C=C2\c3cnc(F)cc3C(CC(=O)NCc3ccccc3)N2C)cc(OC)c1O. The highest BCUT2D eigenvalue weighted by atomic mass is 19.1. The number of fused-ring (bicyclic) bond motifs is 1. The smallest absolute Gasteiger partial charge is 0.222 e. The molecule has 3 aromatic rings. The number of rotatable bonds is 7. The number of nitrogens with zero attached hydrogens (tertiary/aromatic N) is 2. The van der Waals surface area contributed by atoms with Crippen LogP contribution < -0.4 is 14.8 Å². The van der Waals surface area contributed by atoms with Crippen LogP contribution >= 0.6 is 0 Å². The zero-order chi connectivity index (χ0) is 24.2. The minimum atomic E-state index is -0.601. The van der Waals surface area contributed by atoms with E-state index in [1.54, 1.807) is 12.1 Å². The molecule has 2 N–H and O–H groups in total. The van der Waals surface area contributed by atoms with Crippen LogP contribution in [-0.4, -0.2) is 42.2 Å². The number of phenolic OH excluding ortho intramolecular Hbond substituents is 1. The molecule has 0 spiro atoms. The van der Waals surface area contributed by atoms with Gasteiger partial charge in [0.25, 0.3) is 0 Å². The number of hydrogen-bond acceptors (Lipinski definition) is 6. The summed E-state index contributed by atoms with van der Waals surface area (Å²) in [5.41, 5.74) is 3.89. The molecule has 1 aliphatic rings. The number of benzene rings is 2. The van der Waals surface area contributed by atoms with Gasteiger partial charge in [-0.25, -0.2) is 4.98 Å². The molecule has 176 valence electrons. The van der Waals surface area contributed by atoms with E-state index in [9.17, 15) is 14.3 Å². The van der Waals surface area contributed by atoms with Crippen LogP contribution in [0, 0.1) is 5.95 Å². The van der Waals surface area contributed by atoms with Gasteiger partial charge < -0.3 is 24.8 Å². The number of ether oxygens (including phenoxy) is 2. The largest absolute Gasteiger partial charge is 0.502 e. The van der Waals surface area contributed by atoms with Gasteiger partial charge in [0, 0.05) is 31.0 Å². The van der Waals surface area contributed by atoms with Crippen molar-refractivity contribution in [2.24, 2.45) is 0 Å². The van der Waals surface area contributed by atoms with Crippen LogP contribution in [0.1, 0.15) is 34.7 Å². The molecule has 2 heterocycles. The Bertz CT molecular complexity index is 1200. The zero-order valence-electron chi connectivity index (χ0n) is 19.2. The van der Waals surface area contributed by atoms with Crippen LogP contribution in [0.3, 0.4) is 0 Å². The summed E-state index contributed by atoms with van der Waals surface area (Å²) in [7, 11) is 4.77. The molecule has 1 aliphatic heterocycles. The maximum atomic E-state index is 14.1. The Labute approximate surface area is 197 Å². The number of methoxy groups -OCH3 is 2. The first kappa shape index (κ1) is 23.1. The molecule has 7 nitrogen and oxygen atoms in total. The minimum absolute atomic E-state index is 0.0935. The first-order valence-electron chi connectivity index (χ1n) is 10.8. The van der Waals surface area contributed by atoms with Gasteiger partial charge in [-0.3, -0.25) is 4.79 Å². The fraction of sp³-hybridized carbons (Fsp3) is 0.231. The van der Waals surface area contributed by atoms with Crippen molar-refractivity contribution in [1.82, 2.24) is 15.2 Å². The molecule has 0 aliphatic carbocycles. The summed E-state index contributed by atoms with van der Waals surface area (Å²) in [6, 6.07) is 14.0. The minimum Gasteiger partial charge on any atom is -0.502 e. The number of carbonyl (C=O) groups excluding carboxylic acids is 1. The standard InChI is InChI=1S/C26H26FN3O4/c1-30-20(9-17-10-22(33-2)26(32)23(11-17)34-3)19-15-28-24(27)12-18(19)21(30)13-25(31)29-14-16-7-5-4-6-8-16/h4-12,15,21,32H,13-14H2,1-3H3,(H,29,31)/b20-9+. The number of carbonyl (C=O) groups is 1. The highest BCUT2D eigenvalue weighted by Crippen LogP contribution is 2.44. The molecule has 34 heavy (non-hydrogen) atoms. The first-order valence-corrected chi connectivity index (χ1v) is 10.8. The third kappa shape index (κ3) is 4.66.